The van der Waals surface area contributed by atoms with E-state index in [1.807, 2.05) is 6.92 Å². The average molecular weight is 370 g/mol. The molecule has 142 valence electrons. The molecule has 1 aliphatic heterocycles. The quantitative estimate of drug-likeness (QED) is 0.871. The molecule has 1 fully saturated rings. The summed E-state index contributed by atoms with van der Waals surface area (Å²) in [5.41, 5.74) is 1.87. The molecule has 0 spiro atoms. The Balaban J connectivity index is 1.70. The van der Waals surface area contributed by atoms with Crippen LogP contribution in [0.25, 0.3) is 0 Å². The summed E-state index contributed by atoms with van der Waals surface area (Å²) in [6, 6.07) is 12.7. The fraction of sp³-hybridized carbons (Fsp3) is 0.333. The van der Waals surface area contributed by atoms with Gasteiger partial charge in [-0.2, -0.15) is 0 Å². The van der Waals surface area contributed by atoms with E-state index in [1.54, 1.807) is 48.3 Å². The molecule has 0 aliphatic carbocycles. The largest absolute Gasteiger partial charge is 0.368 e. The highest BCUT2D eigenvalue weighted by Gasteiger charge is 2.24. The van der Waals surface area contributed by atoms with Crippen LogP contribution in [-0.2, 0) is 9.53 Å². The molecule has 2 amide bonds. The number of nitrogens with zero attached hydrogens (tertiary/aromatic N) is 1. The van der Waals surface area contributed by atoms with Crippen LogP contribution in [0.1, 0.15) is 41.7 Å². The van der Waals surface area contributed by atoms with Crippen molar-refractivity contribution in [2.75, 3.05) is 19.0 Å². The summed E-state index contributed by atoms with van der Waals surface area (Å²) in [5.74, 6) is -0.681. The Morgan fingerprint density at radius 3 is 2.63 bits per heavy atom. The van der Waals surface area contributed by atoms with E-state index in [0.29, 0.717) is 24.3 Å². The van der Waals surface area contributed by atoms with E-state index < -0.39 is 6.10 Å². The zero-order valence-corrected chi connectivity index (χ0v) is 15.4. The summed E-state index contributed by atoms with van der Waals surface area (Å²) in [7, 11) is 1.70. The number of carbonyl (C=O) groups excluding carboxylic acids is 2. The SMILES string of the molecule is CC(c1ccc(F)cc1)N(C)C(=O)c1cccc(NC(=O)C2CCCO2)c1. The van der Waals surface area contributed by atoms with E-state index in [2.05, 4.69) is 5.32 Å². The lowest BCUT2D eigenvalue weighted by Crippen LogP contribution is -2.30. The minimum Gasteiger partial charge on any atom is -0.368 e. The van der Waals surface area contributed by atoms with E-state index in [0.717, 1.165) is 12.0 Å². The maximum Gasteiger partial charge on any atom is 0.254 e. The smallest absolute Gasteiger partial charge is 0.254 e. The number of halogens is 1. The summed E-state index contributed by atoms with van der Waals surface area (Å²) in [5, 5.41) is 2.81. The first kappa shape index (κ1) is 19.0. The van der Waals surface area contributed by atoms with Crippen LogP contribution in [-0.4, -0.2) is 36.5 Å². The number of nitrogens with one attached hydrogen (secondary N) is 1. The van der Waals surface area contributed by atoms with Crippen LogP contribution in [0.3, 0.4) is 0 Å². The van der Waals surface area contributed by atoms with Crippen LogP contribution in [0.15, 0.2) is 48.5 Å². The monoisotopic (exact) mass is 370 g/mol. The van der Waals surface area contributed by atoms with Crippen LogP contribution in [0.5, 0.6) is 0 Å². The van der Waals surface area contributed by atoms with E-state index >= 15 is 0 Å². The first-order valence-electron chi connectivity index (χ1n) is 9.01. The van der Waals surface area contributed by atoms with Gasteiger partial charge in [0.25, 0.3) is 11.8 Å². The molecule has 1 N–H and O–H groups in total. The average Bonchev–Trinajstić information content (AvgIpc) is 3.22. The number of carbonyl (C=O) groups is 2. The van der Waals surface area contributed by atoms with Gasteiger partial charge in [-0.3, -0.25) is 9.59 Å². The Hall–Kier alpha value is -2.73. The van der Waals surface area contributed by atoms with E-state index in [9.17, 15) is 14.0 Å². The molecule has 0 saturated carbocycles. The van der Waals surface area contributed by atoms with Crippen molar-refractivity contribution in [2.45, 2.75) is 31.9 Å². The topological polar surface area (TPSA) is 58.6 Å². The van der Waals surface area contributed by atoms with E-state index in [1.165, 1.54) is 12.1 Å². The Morgan fingerprint density at radius 1 is 1.22 bits per heavy atom. The highest BCUT2D eigenvalue weighted by atomic mass is 19.1. The minimum absolute atomic E-state index is 0.181. The highest BCUT2D eigenvalue weighted by Crippen LogP contribution is 2.22. The molecule has 3 rings (SSSR count). The second-order valence-electron chi connectivity index (χ2n) is 6.72. The van der Waals surface area contributed by atoms with Gasteiger partial charge in [-0.1, -0.05) is 18.2 Å². The van der Waals surface area contributed by atoms with Crippen molar-refractivity contribution in [2.24, 2.45) is 0 Å². The molecular formula is C21H23FN2O3. The lowest BCUT2D eigenvalue weighted by atomic mass is 10.1. The zero-order valence-electron chi connectivity index (χ0n) is 15.4. The molecule has 1 heterocycles. The fourth-order valence-electron chi connectivity index (χ4n) is 3.08. The van der Waals surface area contributed by atoms with Crippen LogP contribution in [0.4, 0.5) is 10.1 Å². The first-order chi connectivity index (χ1) is 13.0. The Morgan fingerprint density at radius 2 is 1.96 bits per heavy atom. The van der Waals surface area contributed by atoms with Crippen molar-refractivity contribution in [3.05, 3.63) is 65.5 Å². The van der Waals surface area contributed by atoms with Gasteiger partial charge in [-0.25, -0.2) is 4.39 Å². The molecule has 1 saturated heterocycles. The van der Waals surface area contributed by atoms with Crippen LogP contribution >= 0.6 is 0 Å². The number of anilines is 1. The van der Waals surface area contributed by atoms with Crippen molar-refractivity contribution in [3.63, 3.8) is 0 Å². The maximum atomic E-state index is 13.1. The van der Waals surface area contributed by atoms with Gasteiger partial charge < -0.3 is 15.0 Å². The van der Waals surface area contributed by atoms with Gasteiger partial charge in [-0.15, -0.1) is 0 Å². The van der Waals surface area contributed by atoms with Crippen LogP contribution < -0.4 is 5.32 Å². The molecule has 27 heavy (non-hydrogen) atoms. The fourth-order valence-corrected chi connectivity index (χ4v) is 3.08. The molecule has 2 aromatic rings. The van der Waals surface area contributed by atoms with Gasteiger partial charge in [0.2, 0.25) is 0 Å². The van der Waals surface area contributed by atoms with Gasteiger partial charge in [0.05, 0.1) is 6.04 Å². The first-order valence-corrected chi connectivity index (χ1v) is 9.01. The summed E-state index contributed by atoms with van der Waals surface area (Å²) < 4.78 is 18.5. The van der Waals surface area contributed by atoms with E-state index in [4.69, 9.17) is 4.74 Å². The summed E-state index contributed by atoms with van der Waals surface area (Å²) in [6.45, 7) is 2.48. The summed E-state index contributed by atoms with van der Waals surface area (Å²) in [4.78, 5) is 26.6. The van der Waals surface area contributed by atoms with Crippen molar-refractivity contribution in [1.29, 1.82) is 0 Å². The molecule has 2 atom stereocenters. The van der Waals surface area contributed by atoms with Gasteiger partial charge in [0, 0.05) is 24.9 Å². The highest BCUT2D eigenvalue weighted by molar-refractivity contribution is 5.98. The van der Waals surface area contributed by atoms with Crippen molar-refractivity contribution < 1.29 is 18.7 Å². The molecule has 6 heteroatoms. The third kappa shape index (κ3) is 4.52. The van der Waals surface area contributed by atoms with E-state index in [-0.39, 0.29) is 23.7 Å². The maximum absolute atomic E-state index is 13.1. The third-order valence-corrected chi connectivity index (χ3v) is 4.85. The zero-order chi connectivity index (χ0) is 19.4. The number of amides is 2. The summed E-state index contributed by atoms with van der Waals surface area (Å²) in [6.07, 6.45) is 1.16. The molecular weight excluding hydrogens is 347 g/mol. The predicted molar refractivity (Wildman–Crippen MR) is 101 cm³/mol. The minimum atomic E-state index is -0.425. The third-order valence-electron chi connectivity index (χ3n) is 4.85. The van der Waals surface area contributed by atoms with Gasteiger partial charge in [0.15, 0.2) is 0 Å². The standard InChI is InChI=1S/C21H23FN2O3/c1-14(15-8-10-17(22)11-9-15)24(2)21(26)16-5-3-6-18(13-16)23-20(25)19-7-4-12-27-19/h3,5-6,8-11,13-14,19H,4,7,12H2,1-2H3,(H,23,25). The number of rotatable bonds is 5. The number of ether oxygens (including phenoxy) is 1. The number of hydrogen-bond acceptors (Lipinski definition) is 3. The number of benzene rings is 2. The lowest BCUT2D eigenvalue weighted by Gasteiger charge is -2.25. The normalized spacial score (nSPS) is 17.4. The molecule has 0 aromatic heterocycles. The van der Waals surface area contributed by atoms with Crippen LogP contribution in [0.2, 0.25) is 0 Å². The lowest BCUT2D eigenvalue weighted by molar-refractivity contribution is -0.124. The Labute approximate surface area is 158 Å². The molecule has 2 aromatic carbocycles. The Bertz CT molecular complexity index is 816. The predicted octanol–water partition coefficient (Wildman–Crippen LogP) is 3.78. The summed E-state index contributed by atoms with van der Waals surface area (Å²) >= 11 is 0. The molecule has 0 bridgehead atoms. The van der Waals surface area contributed by atoms with Crippen molar-refractivity contribution in [1.82, 2.24) is 4.90 Å². The Kier molecular flexibility index (Phi) is 5.86. The second kappa shape index (κ2) is 8.31. The van der Waals surface area contributed by atoms with Crippen LogP contribution in [0, 0.1) is 5.82 Å². The molecule has 0 radical (unpaired) electrons. The van der Waals surface area contributed by atoms with Crippen molar-refractivity contribution >= 4 is 17.5 Å². The molecule has 1 aliphatic rings. The second-order valence-corrected chi connectivity index (χ2v) is 6.72. The van der Waals surface area contributed by atoms with Gasteiger partial charge in [0.1, 0.15) is 11.9 Å². The molecule has 5 nitrogen and oxygen atoms in total. The van der Waals surface area contributed by atoms with Gasteiger partial charge in [-0.05, 0) is 55.7 Å². The number of hydrogen-bond donors (Lipinski definition) is 1. The molecule has 2 unspecified atom stereocenters. The van der Waals surface area contributed by atoms with Gasteiger partial charge >= 0.3 is 0 Å². The van der Waals surface area contributed by atoms with Crippen molar-refractivity contribution in [3.8, 4) is 0 Å².